The summed E-state index contributed by atoms with van der Waals surface area (Å²) in [6.07, 6.45) is 1.39. The number of hydrogen-bond acceptors (Lipinski definition) is 3. The number of aromatic hydroxyl groups is 1. The van der Waals surface area contributed by atoms with Gasteiger partial charge in [0.05, 0.1) is 5.54 Å². The van der Waals surface area contributed by atoms with E-state index in [-0.39, 0.29) is 11.7 Å². The van der Waals surface area contributed by atoms with Gasteiger partial charge in [-0.05, 0) is 43.4 Å². The highest BCUT2D eigenvalue weighted by Crippen LogP contribution is 2.15. The molecule has 0 aliphatic rings. The van der Waals surface area contributed by atoms with Crippen LogP contribution in [0.1, 0.15) is 32.8 Å². The van der Waals surface area contributed by atoms with Crippen LogP contribution in [-0.4, -0.2) is 23.1 Å². The molecule has 0 bridgehead atoms. The molecular weight excluding hydrogens is 240 g/mol. The van der Waals surface area contributed by atoms with Gasteiger partial charge >= 0.3 is 0 Å². The van der Waals surface area contributed by atoms with E-state index < -0.39 is 5.54 Å². The summed E-state index contributed by atoms with van der Waals surface area (Å²) in [6.45, 7) is 6.61. The molecule has 19 heavy (non-hydrogen) atoms. The highest BCUT2D eigenvalue weighted by Gasteiger charge is 2.28. The molecule has 0 unspecified atom stereocenters. The Hall–Kier alpha value is -1.55. The molecule has 1 aromatic rings. The van der Waals surface area contributed by atoms with Crippen LogP contribution in [0, 0.1) is 5.92 Å². The van der Waals surface area contributed by atoms with Gasteiger partial charge in [-0.1, -0.05) is 26.0 Å². The molecule has 4 heteroatoms. The van der Waals surface area contributed by atoms with E-state index in [9.17, 15) is 9.90 Å². The second kappa shape index (κ2) is 6.57. The van der Waals surface area contributed by atoms with Crippen LogP contribution >= 0.6 is 0 Å². The van der Waals surface area contributed by atoms with Gasteiger partial charge in [-0.2, -0.15) is 0 Å². The number of carbonyl (C=O) groups is 1. The molecule has 1 amide bonds. The van der Waals surface area contributed by atoms with Crippen molar-refractivity contribution in [2.45, 2.75) is 39.2 Å². The average Bonchev–Trinajstić information content (AvgIpc) is 2.31. The van der Waals surface area contributed by atoms with E-state index in [2.05, 4.69) is 19.2 Å². The highest BCUT2D eigenvalue weighted by molar-refractivity contribution is 5.85. The third-order valence-corrected chi connectivity index (χ3v) is 3.03. The maximum Gasteiger partial charge on any atom is 0.240 e. The first-order valence-electron chi connectivity index (χ1n) is 6.66. The third kappa shape index (κ3) is 5.30. The molecule has 1 rings (SSSR count). The fourth-order valence-corrected chi connectivity index (χ4v) is 1.79. The molecule has 0 heterocycles. The summed E-state index contributed by atoms with van der Waals surface area (Å²) in [4.78, 5) is 12.0. The first-order chi connectivity index (χ1) is 8.81. The molecule has 0 aliphatic carbocycles. The van der Waals surface area contributed by atoms with Crippen molar-refractivity contribution >= 4 is 5.91 Å². The second-order valence-electron chi connectivity index (χ2n) is 5.70. The number of amides is 1. The SMILES string of the molecule is CC(C)CCNC(=O)[C@@](C)(N)Cc1ccc(O)cc1. The van der Waals surface area contributed by atoms with Crippen LogP contribution in [0.4, 0.5) is 0 Å². The molecule has 4 nitrogen and oxygen atoms in total. The number of benzene rings is 1. The van der Waals surface area contributed by atoms with Crippen molar-refractivity contribution < 1.29 is 9.90 Å². The summed E-state index contributed by atoms with van der Waals surface area (Å²) >= 11 is 0. The van der Waals surface area contributed by atoms with Crippen molar-refractivity contribution in [3.05, 3.63) is 29.8 Å². The van der Waals surface area contributed by atoms with E-state index in [1.807, 2.05) is 0 Å². The van der Waals surface area contributed by atoms with E-state index in [4.69, 9.17) is 5.73 Å². The molecule has 0 saturated carbocycles. The summed E-state index contributed by atoms with van der Waals surface area (Å²) in [5.74, 6) is 0.631. The maximum atomic E-state index is 12.0. The van der Waals surface area contributed by atoms with Gasteiger partial charge in [0.2, 0.25) is 5.91 Å². The first kappa shape index (κ1) is 15.5. The van der Waals surface area contributed by atoms with Crippen LogP contribution in [-0.2, 0) is 11.2 Å². The number of nitrogens with one attached hydrogen (secondary N) is 1. The van der Waals surface area contributed by atoms with E-state index in [1.54, 1.807) is 31.2 Å². The van der Waals surface area contributed by atoms with Gasteiger partial charge in [0.1, 0.15) is 5.75 Å². The number of rotatable bonds is 6. The summed E-state index contributed by atoms with van der Waals surface area (Å²) in [7, 11) is 0. The fraction of sp³-hybridized carbons (Fsp3) is 0.533. The Bertz CT molecular complexity index is 411. The molecule has 0 radical (unpaired) electrons. The fourth-order valence-electron chi connectivity index (χ4n) is 1.79. The van der Waals surface area contributed by atoms with Gasteiger partial charge < -0.3 is 16.2 Å². The largest absolute Gasteiger partial charge is 0.508 e. The van der Waals surface area contributed by atoms with Crippen molar-refractivity contribution in [3.63, 3.8) is 0 Å². The monoisotopic (exact) mass is 264 g/mol. The van der Waals surface area contributed by atoms with Gasteiger partial charge in [-0.3, -0.25) is 4.79 Å². The summed E-state index contributed by atoms with van der Waals surface area (Å²) in [6, 6.07) is 6.76. The minimum Gasteiger partial charge on any atom is -0.508 e. The van der Waals surface area contributed by atoms with Crippen LogP contribution in [0.2, 0.25) is 0 Å². The Morgan fingerprint density at radius 3 is 2.47 bits per heavy atom. The Morgan fingerprint density at radius 1 is 1.37 bits per heavy atom. The van der Waals surface area contributed by atoms with Gasteiger partial charge in [0, 0.05) is 6.54 Å². The van der Waals surface area contributed by atoms with E-state index >= 15 is 0 Å². The van der Waals surface area contributed by atoms with Gasteiger partial charge in [0.25, 0.3) is 0 Å². The van der Waals surface area contributed by atoms with Crippen LogP contribution in [0.15, 0.2) is 24.3 Å². The quantitative estimate of drug-likeness (QED) is 0.733. The predicted molar refractivity (Wildman–Crippen MR) is 76.9 cm³/mol. The van der Waals surface area contributed by atoms with Crippen molar-refractivity contribution in [1.29, 1.82) is 0 Å². The lowest BCUT2D eigenvalue weighted by Gasteiger charge is -2.24. The van der Waals surface area contributed by atoms with Gasteiger partial charge in [-0.15, -0.1) is 0 Å². The molecule has 1 aromatic carbocycles. The molecule has 0 aromatic heterocycles. The number of phenols is 1. The molecular formula is C15H24N2O2. The van der Waals surface area contributed by atoms with E-state index in [0.717, 1.165) is 12.0 Å². The van der Waals surface area contributed by atoms with Crippen LogP contribution in [0.3, 0.4) is 0 Å². The molecule has 0 spiro atoms. The van der Waals surface area contributed by atoms with Crippen LogP contribution in [0.25, 0.3) is 0 Å². The van der Waals surface area contributed by atoms with Crippen molar-refractivity contribution in [1.82, 2.24) is 5.32 Å². The lowest BCUT2D eigenvalue weighted by molar-refractivity contribution is -0.125. The lowest BCUT2D eigenvalue weighted by atomic mass is 9.93. The minimum atomic E-state index is -0.937. The van der Waals surface area contributed by atoms with E-state index in [1.165, 1.54) is 0 Å². The highest BCUT2D eigenvalue weighted by atomic mass is 16.3. The zero-order valence-electron chi connectivity index (χ0n) is 11.9. The first-order valence-corrected chi connectivity index (χ1v) is 6.66. The Kier molecular flexibility index (Phi) is 5.36. The second-order valence-corrected chi connectivity index (χ2v) is 5.70. The zero-order chi connectivity index (χ0) is 14.5. The smallest absolute Gasteiger partial charge is 0.240 e. The van der Waals surface area contributed by atoms with Gasteiger partial charge in [-0.25, -0.2) is 0 Å². The zero-order valence-corrected chi connectivity index (χ0v) is 11.9. The molecule has 0 aliphatic heterocycles. The normalized spacial score (nSPS) is 14.2. The van der Waals surface area contributed by atoms with Crippen LogP contribution in [0.5, 0.6) is 5.75 Å². The molecule has 0 fully saturated rings. The van der Waals surface area contributed by atoms with E-state index in [0.29, 0.717) is 18.9 Å². The molecule has 0 saturated heterocycles. The van der Waals surface area contributed by atoms with Crippen molar-refractivity contribution in [2.75, 3.05) is 6.54 Å². The minimum absolute atomic E-state index is 0.138. The van der Waals surface area contributed by atoms with Crippen molar-refractivity contribution in [2.24, 2.45) is 11.7 Å². The number of nitrogens with two attached hydrogens (primary N) is 1. The summed E-state index contributed by atoms with van der Waals surface area (Å²) in [5.41, 5.74) is 6.07. The Morgan fingerprint density at radius 2 is 1.95 bits per heavy atom. The van der Waals surface area contributed by atoms with Crippen molar-refractivity contribution in [3.8, 4) is 5.75 Å². The standard InChI is InChI=1S/C15H24N2O2/c1-11(2)8-9-17-14(19)15(3,16)10-12-4-6-13(18)7-5-12/h4-7,11,18H,8-10,16H2,1-3H3,(H,17,19)/t15-/m0/s1. The number of carbonyl (C=O) groups excluding carboxylic acids is 1. The molecule has 106 valence electrons. The predicted octanol–water partition coefficient (Wildman–Crippen LogP) is 1.81. The third-order valence-electron chi connectivity index (χ3n) is 3.03. The Balaban J connectivity index is 2.54. The maximum absolute atomic E-state index is 12.0. The summed E-state index contributed by atoms with van der Waals surface area (Å²) in [5, 5.41) is 12.1. The molecule has 4 N–H and O–H groups in total. The Labute approximate surface area is 115 Å². The summed E-state index contributed by atoms with van der Waals surface area (Å²) < 4.78 is 0. The molecule has 1 atom stereocenters. The lowest BCUT2D eigenvalue weighted by Crippen LogP contribution is -2.53. The van der Waals surface area contributed by atoms with Crippen LogP contribution < -0.4 is 11.1 Å². The number of hydrogen-bond donors (Lipinski definition) is 3. The van der Waals surface area contributed by atoms with Gasteiger partial charge in [0.15, 0.2) is 0 Å². The average molecular weight is 264 g/mol. The number of phenolic OH excluding ortho intramolecular Hbond substituents is 1. The topological polar surface area (TPSA) is 75.4 Å².